The monoisotopic (exact) mass is 287 g/mol. The van der Waals surface area contributed by atoms with E-state index in [0.29, 0.717) is 12.0 Å². The van der Waals surface area contributed by atoms with E-state index in [1.807, 2.05) is 10.6 Å². The molecular formula is C17H25N3O. The number of nitrogens with zero attached hydrogens (tertiary/aromatic N) is 2. The van der Waals surface area contributed by atoms with Crippen molar-refractivity contribution in [3.63, 3.8) is 0 Å². The predicted octanol–water partition coefficient (Wildman–Crippen LogP) is 2.94. The van der Waals surface area contributed by atoms with Crippen LogP contribution < -0.4 is 5.69 Å². The van der Waals surface area contributed by atoms with Crippen LogP contribution in [-0.4, -0.2) is 33.6 Å². The van der Waals surface area contributed by atoms with Gasteiger partial charge in [0.05, 0.1) is 11.0 Å². The van der Waals surface area contributed by atoms with E-state index < -0.39 is 0 Å². The van der Waals surface area contributed by atoms with Crippen molar-refractivity contribution in [1.29, 1.82) is 0 Å². The molecule has 2 aromatic rings. The highest BCUT2D eigenvalue weighted by Gasteiger charge is 2.32. The van der Waals surface area contributed by atoms with Crippen molar-refractivity contribution in [2.45, 2.75) is 52.1 Å². The Morgan fingerprint density at radius 1 is 1.29 bits per heavy atom. The first-order chi connectivity index (χ1) is 10.2. The zero-order chi connectivity index (χ0) is 15.0. The average molecular weight is 287 g/mol. The van der Waals surface area contributed by atoms with Gasteiger partial charge in [-0.1, -0.05) is 32.9 Å². The Morgan fingerprint density at radius 3 is 2.67 bits per heavy atom. The second-order valence-corrected chi connectivity index (χ2v) is 6.18. The third-order valence-corrected chi connectivity index (χ3v) is 4.75. The Labute approximate surface area is 125 Å². The lowest BCUT2D eigenvalue weighted by Gasteiger charge is -2.38. The van der Waals surface area contributed by atoms with Gasteiger partial charge in [0.1, 0.15) is 0 Å². The first-order valence-corrected chi connectivity index (χ1v) is 8.12. The van der Waals surface area contributed by atoms with Crippen LogP contribution in [0.3, 0.4) is 0 Å². The fraction of sp³-hybridized carbons (Fsp3) is 0.588. The first-order valence-electron chi connectivity index (χ1n) is 8.12. The molecule has 21 heavy (non-hydrogen) atoms. The van der Waals surface area contributed by atoms with Crippen LogP contribution in [0.5, 0.6) is 0 Å². The molecule has 2 unspecified atom stereocenters. The summed E-state index contributed by atoms with van der Waals surface area (Å²) in [5.74, 6) is 0.460. The molecule has 1 aromatic heterocycles. The number of aromatic nitrogens is 2. The van der Waals surface area contributed by atoms with Gasteiger partial charge in [-0.25, -0.2) is 4.79 Å². The predicted molar refractivity (Wildman–Crippen MR) is 86.9 cm³/mol. The summed E-state index contributed by atoms with van der Waals surface area (Å²) >= 11 is 0. The Morgan fingerprint density at radius 2 is 2.00 bits per heavy atom. The van der Waals surface area contributed by atoms with E-state index in [1.54, 1.807) is 0 Å². The third-order valence-electron chi connectivity index (χ3n) is 4.75. The lowest BCUT2D eigenvalue weighted by Crippen LogP contribution is -2.46. The highest BCUT2D eigenvalue weighted by molar-refractivity contribution is 5.80. The SMILES string of the molecule is CCCN(CCC)C1Cn2c(=O)[nH]c3cccc(c32)C1C. The van der Waals surface area contributed by atoms with Crippen molar-refractivity contribution in [3.05, 3.63) is 34.2 Å². The number of H-pyrrole nitrogens is 1. The highest BCUT2D eigenvalue weighted by Crippen LogP contribution is 2.34. The van der Waals surface area contributed by atoms with E-state index in [4.69, 9.17) is 0 Å². The van der Waals surface area contributed by atoms with Crippen LogP contribution in [-0.2, 0) is 6.54 Å². The Hall–Kier alpha value is -1.55. The molecule has 1 aromatic carbocycles. The molecule has 0 aliphatic carbocycles. The summed E-state index contributed by atoms with van der Waals surface area (Å²) in [5, 5.41) is 0. The van der Waals surface area contributed by atoms with Crippen LogP contribution in [0, 0.1) is 0 Å². The summed E-state index contributed by atoms with van der Waals surface area (Å²) in [6.45, 7) is 9.77. The van der Waals surface area contributed by atoms with E-state index in [0.717, 1.165) is 43.5 Å². The number of aromatic amines is 1. The number of imidazole rings is 1. The van der Waals surface area contributed by atoms with Crippen molar-refractivity contribution < 1.29 is 0 Å². The summed E-state index contributed by atoms with van der Waals surface area (Å²) in [7, 11) is 0. The zero-order valence-corrected chi connectivity index (χ0v) is 13.2. The van der Waals surface area contributed by atoms with E-state index in [2.05, 4.69) is 42.8 Å². The summed E-state index contributed by atoms with van der Waals surface area (Å²) in [5.41, 5.74) is 3.42. The normalized spacial score (nSPS) is 21.3. The smallest absolute Gasteiger partial charge is 0.306 e. The molecule has 114 valence electrons. The summed E-state index contributed by atoms with van der Waals surface area (Å²) in [4.78, 5) is 17.8. The topological polar surface area (TPSA) is 41.0 Å². The van der Waals surface area contributed by atoms with Crippen molar-refractivity contribution in [2.75, 3.05) is 13.1 Å². The maximum absolute atomic E-state index is 12.2. The van der Waals surface area contributed by atoms with E-state index in [-0.39, 0.29) is 5.69 Å². The van der Waals surface area contributed by atoms with Crippen molar-refractivity contribution in [3.8, 4) is 0 Å². The first kappa shape index (κ1) is 14.4. The average Bonchev–Trinajstić information content (AvgIpc) is 2.79. The van der Waals surface area contributed by atoms with Crippen LogP contribution in [0.15, 0.2) is 23.0 Å². The van der Waals surface area contributed by atoms with Gasteiger partial charge in [0.15, 0.2) is 0 Å². The van der Waals surface area contributed by atoms with Gasteiger partial charge in [0.25, 0.3) is 0 Å². The maximum atomic E-state index is 12.2. The maximum Gasteiger partial charge on any atom is 0.326 e. The van der Waals surface area contributed by atoms with Crippen LogP contribution in [0.25, 0.3) is 11.0 Å². The summed E-state index contributed by atoms with van der Waals surface area (Å²) in [6, 6.07) is 6.65. The Bertz CT molecular complexity index is 679. The minimum Gasteiger partial charge on any atom is -0.306 e. The fourth-order valence-electron chi connectivity index (χ4n) is 3.79. The van der Waals surface area contributed by atoms with E-state index in [9.17, 15) is 4.79 Å². The number of hydrogen-bond acceptors (Lipinski definition) is 2. The molecule has 1 N–H and O–H groups in total. The highest BCUT2D eigenvalue weighted by atomic mass is 16.1. The number of nitrogens with one attached hydrogen (secondary N) is 1. The molecule has 0 spiro atoms. The summed E-state index contributed by atoms with van der Waals surface area (Å²) < 4.78 is 1.94. The lowest BCUT2D eigenvalue weighted by molar-refractivity contribution is 0.152. The largest absolute Gasteiger partial charge is 0.326 e. The molecule has 0 amide bonds. The number of rotatable bonds is 5. The van der Waals surface area contributed by atoms with Gasteiger partial charge >= 0.3 is 5.69 Å². The van der Waals surface area contributed by atoms with Gasteiger partial charge in [0, 0.05) is 18.5 Å². The Balaban J connectivity index is 2.05. The second-order valence-electron chi connectivity index (χ2n) is 6.18. The number of hydrogen-bond donors (Lipinski definition) is 1. The van der Waals surface area contributed by atoms with Crippen LogP contribution in [0.2, 0.25) is 0 Å². The van der Waals surface area contributed by atoms with E-state index in [1.165, 1.54) is 5.56 Å². The molecule has 0 fully saturated rings. The third kappa shape index (κ3) is 2.31. The van der Waals surface area contributed by atoms with E-state index >= 15 is 0 Å². The van der Waals surface area contributed by atoms with Crippen LogP contribution in [0.1, 0.15) is 45.1 Å². The molecule has 1 aliphatic rings. The molecule has 2 heterocycles. The zero-order valence-electron chi connectivity index (χ0n) is 13.2. The molecule has 0 saturated carbocycles. The molecule has 4 nitrogen and oxygen atoms in total. The van der Waals surface area contributed by atoms with Crippen molar-refractivity contribution >= 4 is 11.0 Å². The fourth-order valence-corrected chi connectivity index (χ4v) is 3.79. The molecular weight excluding hydrogens is 262 g/mol. The molecule has 3 rings (SSSR count). The van der Waals surface area contributed by atoms with Gasteiger partial charge in [-0.05, 0) is 37.6 Å². The quantitative estimate of drug-likeness (QED) is 0.918. The minimum absolute atomic E-state index is 0.0299. The van der Waals surface area contributed by atoms with Gasteiger partial charge in [0.2, 0.25) is 0 Å². The van der Waals surface area contributed by atoms with Gasteiger partial charge in [-0.15, -0.1) is 0 Å². The number of benzene rings is 1. The molecule has 0 radical (unpaired) electrons. The number of para-hydroxylation sites is 1. The minimum atomic E-state index is 0.0299. The molecule has 4 heteroatoms. The van der Waals surface area contributed by atoms with Gasteiger partial charge < -0.3 is 4.98 Å². The second kappa shape index (κ2) is 5.68. The molecule has 0 bridgehead atoms. The molecule has 2 atom stereocenters. The van der Waals surface area contributed by atoms with Gasteiger partial charge in [-0.2, -0.15) is 0 Å². The lowest BCUT2D eigenvalue weighted by atomic mass is 9.88. The standard InChI is InChI=1S/C17H25N3O/c1-4-9-19(10-5-2)15-11-20-16-13(12(15)3)7-6-8-14(16)18-17(20)21/h6-8,12,15H,4-5,9-11H2,1-3H3,(H,18,21). The van der Waals surface area contributed by atoms with Crippen molar-refractivity contribution in [2.24, 2.45) is 0 Å². The molecule has 0 saturated heterocycles. The van der Waals surface area contributed by atoms with Crippen LogP contribution in [0.4, 0.5) is 0 Å². The van der Waals surface area contributed by atoms with Crippen LogP contribution >= 0.6 is 0 Å². The van der Waals surface area contributed by atoms with Crippen molar-refractivity contribution in [1.82, 2.24) is 14.5 Å². The van der Waals surface area contributed by atoms with Gasteiger partial charge in [-0.3, -0.25) is 9.47 Å². The Kier molecular flexibility index (Phi) is 3.89. The molecule has 1 aliphatic heterocycles. The summed E-state index contributed by atoms with van der Waals surface area (Å²) in [6.07, 6.45) is 2.31.